The summed E-state index contributed by atoms with van der Waals surface area (Å²) in [5.74, 6) is 0. The van der Waals surface area contributed by atoms with E-state index in [0.717, 1.165) is 0 Å². The first-order valence-corrected chi connectivity index (χ1v) is 4.22. The lowest BCUT2D eigenvalue weighted by molar-refractivity contribution is 0.00970. The minimum Gasteiger partial charge on any atom is -0.385 e. The summed E-state index contributed by atoms with van der Waals surface area (Å²) in [6, 6.07) is 9.18. The molecule has 1 rings (SSSR count). The zero-order chi connectivity index (χ0) is 9.73. The molecule has 3 nitrogen and oxygen atoms in total. The molecule has 0 aromatic heterocycles. The first-order chi connectivity index (χ1) is 6.17. The summed E-state index contributed by atoms with van der Waals surface area (Å²) in [6.07, 6.45) is 0.396. The van der Waals surface area contributed by atoms with E-state index in [4.69, 9.17) is 10.5 Å². The highest BCUT2D eigenvalue weighted by atomic mass is 16.5. The average molecular weight is 181 g/mol. The molecule has 0 amide bonds. The number of ether oxygens (including phenoxy) is 1. The van der Waals surface area contributed by atoms with Gasteiger partial charge in [0.1, 0.15) is 5.72 Å². The summed E-state index contributed by atoms with van der Waals surface area (Å²) in [6.45, 7) is 0.446. The molecule has 0 aliphatic carbocycles. The number of nitrogens with two attached hydrogens (primary N) is 1. The first-order valence-electron chi connectivity index (χ1n) is 4.22. The normalized spacial score (nSPS) is 15.3. The SMILES string of the molecule is COCCC(N)(O)c1ccccc1. The Morgan fingerprint density at radius 1 is 1.38 bits per heavy atom. The lowest BCUT2D eigenvalue weighted by atomic mass is 10.0. The van der Waals surface area contributed by atoms with E-state index in [1.165, 1.54) is 0 Å². The standard InChI is InChI=1S/C10H15NO2/c1-13-8-7-10(11,12)9-5-3-2-4-6-9/h2-6,12H,7-8,11H2,1H3. The first kappa shape index (κ1) is 10.2. The molecule has 0 fully saturated rings. The van der Waals surface area contributed by atoms with Crippen LogP contribution in [0.25, 0.3) is 0 Å². The van der Waals surface area contributed by atoms with Crippen LogP contribution in [0, 0.1) is 0 Å². The van der Waals surface area contributed by atoms with E-state index in [2.05, 4.69) is 0 Å². The fourth-order valence-corrected chi connectivity index (χ4v) is 1.13. The smallest absolute Gasteiger partial charge is 0.141 e. The van der Waals surface area contributed by atoms with Crippen molar-refractivity contribution < 1.29 is 9.84 Å². The summed E-state index contributed by atoms with van der Waals surface area (Å²) < 4.78 is 4.86. The monoisotopic (exact) mass is 181 g/mol. The van der Waals surface area contributed by atoms with Crippen LogP contribution in [0.3, 0.4) is 0 Å². The van der Waals surface area contributed by atoms with Crippen molar-refractivity contribution in [3.05, 3.63) is 35.9 Å². The summed E-state index contributed by atoms with van der Waals surface area (Å²) in [5, 5.41) is 9.81. The van der Waals surface area contributed by atoms with Crippen molar-refractivity contribution in [2.45, 2.75) is 12.1 Å². The van der Waals surface area contributed by atoms with Gasteiger partial charge in [-0.05, 0) is 5.56 Å². The minimum atomic E-state index is -1.28. The Balaban J connectivity index is 2.69. The fourth-order valence-electron chi connectivity index (χ4n) is 1.13. The number of hydrogen-bond acceptors (Lipinski definition) is 3. The Hall–Kier alpha value is -0.900. The van der Waals surface area contributed by atoms with Crippen molar-refractivity contribution in [3.8, 4) is 0 Å². The molecule has 0 saturated carbocycles. The van der Waals surface area contributed by atoms with Crippen molar-refractivity contribution >= 4 is 0 Å². The molecule has 0 radical (unpaired) electrons. The maximum absolute atomic E-state index is 9.81. The largest absolute Gasteiger partial charge is 0.385 e. The number of rotatable bonds is 4. The number of hydrogen-bond donors (Lipinski definition) is 2. The van der Waals surface area contributed by atoms with Gasteiger partial charge in [-0.15, -0.1) is 0 Å². The van der Waals surface area contributed by atoms with Crippen LogP contribution in [0.1, 0.15) is 12.0 Å². The van der Waals surface area contributed by atoms with Gasteiger partial charge < -0.3 is 9.84 Å². The lowest BCUT2D eigenvalue weighted by Gasteiger charge is -2.22. The zero-order valence-corrected chi connectivity index (χ0v) is 7.73. The predicted octanol–water partition coefficient (Wildman–Crippen LogP) is 0.827. The second-order valence-corrected chi connectivity index (χ2v) is 3.03. The lowest BCUT2D eigenvalue weighted by Crippen LogP contribution is -2.37. The van der Waals surface area contributed by atoms with Gasteiger partial charge in [-0.25, -0.2) is 0 Å². The van der Waals surface area contributed by atoms with E-state index in [0.29, 0.717) is 18.6 Å². The van der Waals surface area contributed by atoms with Crippen LogP contribution in [0.15, 0.2) is 30.3 Å². The molecule has 3 N–H and O–H groups in total. The van der Waals surface area contributed by atoms with Gasteiger partial charge in [-0.2, -0.15) is 0 Å². The van der Waals surface area contributed by atoms with Gasteiger partial charge in [-0.3, -0.25) is 5.73 Å². The molecular weight excluding hydrogens is 166 g/mol. The molecule has 0 bridgehead atoms. The van der Waals surface area contributed by atoms with E-state index in [1.54, 1.807) is 19.2 Å². The summed E-state index contributed by atoms with van der Waals surface area (Å²) in [4.78, 5) is 0. The highest BCUT2D eigenvalue weighted by molar-refractivity contribution is 5.20. The zero-order valence-electron chi connectivity index (χ0n) is 7.73. The highest BCUT2D eigenvalue weighted by Crippen LogP contribution is 2.18. The van der Waals surface area contributed by atoms with Crippen molar-refractivity contribution in [1.82, 2.24) is 0 Å². The van der Waals surface area contributed by atoms with Gasteiger partial charge in [0, 0.05) is 13.5 Å². The van der Waals surface area contributed by atoms with Crippen LogP contribution < -0.4 is 5.73 Å². The van der Waals surface area contributed by atoms with Gasteiger partial charge >= 0.3 is 0 Å². The molecule has 0 aliphatic rings. The van der Waals surface area contributed by atoms with Gasteiger partial charge in [0.15, 0.2) is 0 Å². The van der Waals surface area contributed by atoms with Crippen LogP contribution in [0.4, 0.5) is 0 Å². The molecule has 13 heavy (non-hydrogen) atoms. The molecule has 1 aromatic carbocycles. The van der Waals surface area contributed by atoms with Crippen LogP contribution in [0.2, 0.25) is 0 Å². The van der Waals surface area contributed by atoms with Gasteiger partial charge in [0.25, 0.3) is 0 Å². The second kappa shape index (κ2) is 4.37. The Morgan fingerprint density at radius 2 is 2.00 bits per heavy atom. The third-order valence-electron chi connectivity index (χ3n) is 1.96. The van der Waals surface area contributed by atoms with Crippen molar-refractivity contribution in [2.24, 2.45) is 5.73 Å². The second-order valence-electron chi connectivity index (χ2n) is 3.03. The average Bonchev–Trinajstić information content (AvgIpc) is 2.16. The number of aliphatic hydroxyl groups is 1. The topological polar surface area (TPSA) is 55.5 Å². The van der Waals surface area contributed by atoms with E-state index in [1.807, 2.05) is 18.2 Å². The van der Waals surface area contributed by atoms with Crippen molar-refractivity contribution in [2.75, 3.05) is 13.7 Å². The minimum absolute atomic E-state index is 0.396. The van der Waals surface area contributed by atoms with Crippen LogP contribution >= 0.6 is 0 Å². The molecule has 1 atom stereocenters. The van der Waals surface area contributed by atoms with Crippen LogP contribution in [0.5, 0.6) is 0 Å². The Morgan fingerprint density at radius 3 is 2.54 bits per heavy atom. The third-order valence-corrected chi connectivity index (χ3v) is 1.96. The molecule has 1 unspecified atom stereocenters. The number of methoxy groups -OCH3 is 1. The predicted molar refractivity (Wildman–Crippen MR) is 51.0 cm³/mol. The van der Waals surface area contributed by atoms with Crippen LogP contribution in [-0.2, 0) is 10.5 Å². The number of benzene rings is 1. The molecule has 0 aliphatic heterocycles. The molecule has 0 saturated heterocycles. The van der Waals surface area contributed by atoms with E-state index in [-0.39, 0.29) is 0 Å². The van der Waals surface area contributed by atoms with E-state index >= 15 is 0 Å². The van der Waals surface area contributed by atoms with Gasteiger partial charge in [-0.1, -0.05) is 30.3 Å². The van der Waals surface area contributed by atoms with Crippen molar-refractivity contribution in [3.63, 3.8) is 0 Å². The molecule has 1 aromatic rings. The summed E-state index contributed by atoms with van der Waals surface area (Å²) in [5.41, 5.74) is 5.13. The Bertz CT molecular complexity index is 246. The van der Waals surface area contributed by atoms with E-state index < -0.39 is 5.72 Å². The molecule has 0 spiro atoms. The quantitative estimate of drug-likeness (QED) is 0.676. The molecule has 72 valence electrons. The Labute approximate surface area is 78.1 Å². The third kappa shape index (κ3) is 2.81. The highest BCUT2D eigenvalue weighted by Gasteiger charge is 2.22. The Kier molecular flexibility index (Phi) is 3.42. The maximum Gasteiger partial charge on any atom is 0.141 e. The molecule has 0 heterocycles. The summed E-state index contributed by atoms with van der Waals surface area (Å²) in [7, 11) is 1.58. The van der Waals surface area contributed by atoms with Crippen molar-refractivity contribution in [1.29, 1.82) is 0 Å². The van der Waals surface area contributed by atoms with Crippen LogP contribution in [-0.4, -0.2) is 18.8 Å². The maximum atomic E-state index is 9.81. The van der Waals surface area contributed by atoms with Gasteiger partial charge in [0.05, 0.1) is 6.61 Å². The summed E-state index contributed by atoms with van der Waals surface area (Å²) >= 11 is 0. The molecular formula is C10H15NO2. The molecule has 3 heteroatoms. The van der Waals surface area contributed by atoms with Gasteiger partial charge in [0.2, 0.25) is 0 Å². The van der Waals surface area contributed by atoms with E-state index in [9.17, 15) is 5.11 Å². The fraction of sp³-hybridized carbons (Fsp3) is 0.400.